The molecule has 1 fully saturated rings. The van der Waals surface area contributed by atoms with Gasteiger partial charge in [-0.1, -0.05) is 20.8 Å². The molecule has 170 valence electrons. The van der Waals surface area contributed by atoms with Crippen molar-refractivity contribution in [3.8, 4) is 0 Å². The van der Waals surface area contributed by atoms with E-state index in [1.54, 1.807) is 0 Å². The van der Waals surface area contributed by atoms with Crippen LogP contribution in [0.5, 0.6) is 0 Å². The quantitative estimate of drug-likeness (QED) is 0.557. The Morgan fingerprint density at radius 1 is 1.32 bits per heavy atom. The monoisotopic (exact) mass is 426 g/mol. The van der Waals surface area contributed by atoms with Crippen molar-refractivity contribution < 1.29 is 9.90 Å². The summed E-state index contributed by atoms with van der Waals surface area (Å²) in [7, 11) is 0. The lowest BCUT2D eigenvalue weighted by atomic mass is 9.84. The molecule has 2 aliphatic rings. The highest BCUT2D eigenvalue weighted by Gasteiger charge is 2.38. The highest BCUT2D eigenvalue weighted by Crippen LogP contribution is 2.25. The van der Waals surface area contributed by atoms with E-state index >= 15 is 0 Å². The third-order valence-electron chi connectivity index (χ3n) is 7.24. The van der Waals surface area contributed by atoms with Crippen LogP contribution in [0, 0.1) is 12.3 Å². The van der Waals surface area contributed by atoms with Gasteiger partial charge in [-0.2, -0.15) is 0 Å². The normalized spacial score (nSPS) is 23.9. The molecule has 1 aliphatic heterocycles. The van der Waals surface area contributed by atoms with Crippen LogP contribution in [0.3, 0.4) is 0 Å². The van der Waals surface area contributed by atoms with Crippen molar-refractivity contribution in [3.63, 3.8) is 0 Å². The first kappa shape index (κ1) is 23.6. The number of aromatic amines is 1. The molecule has 0 aromatic carbocycles. The number of H-pyrrole nitrogens is 1. The molecule has 1 aromatic rings. The van der Waals surface area contributed by atoms with E-state index in [9.17, 15) is 9.90 Å². The lowest BCUT2D eigenvalue weighted by molar-refractivity contribution is 0.0349. The number of Topliss-reactive ketones (excluding diaryl/α,β-unsaturated/α-hetero) is 1. The highest BCUT2D eigenvalue weighted by molar-refractivity contribution is 6.26. The summed E-state index contributed by atoms with van der Waals surface area (Å²) in [4.78, 5) is 25.7. The van der Waals surface area contributed by atoms with Crippen molar-refractivity contribution in [1.82, 2.24) is 10.3 Å². The van der Waals surface area contributed by atoms with E-state index in [2.05, 4.69) is 42.1 Å². The van der Waals surface area contributed by atoms with E-state index in [0.717, 1.165) is 64.8 Å². The van der Waals surface area contributed by atoms with Gasteiger partial charge in [0.1, 0.15) is 0 Å². The number of carbonyl (C=O) groups excluding carboxylic acids is 1. The number of nitrogens with zero attached hydrogens (tertiary/aromatic N) is 2. The molecule has 0 saturated carbocycles. The number of hydrogen-bond donors (Lipinski definition) is 3. The third-order valence-corrected chi connectivity index (χ3v) is 7.24. The minimum absolute atomic E-state index is 0.0340. The van der Waals surface area contributed by atoms with Crippen LogP contribution >= 0.6 is 0 Å². The van der Waals surface area contributed by atoms with E-state index in [0.29, 0.717) is 13.0 Å². The van der Waals surface area contributed by atoms with E-state index < -0.39 is 6.10 Å². The first-order valence-electron chi connectivity index (χ1n) is 11.5. The SMILES string of the molecule is CCN=C(/C=c1\[nH]c2c(c1C)C(=O)CC=2C(C)=NCC(O)[C@]1(C)CCN1)C(C)(C)CC. The minimum atomic E-state index is -0.535. The molecule has 31 heavy (non-hydrogen) atoms. The Morgan fingerprint density at radius 3 is 2.55 bits per heavy atom. The molecule has 0 radical (unpaired) electrons. The van der Waals surface area contributed by atoms with Crippen molar-refractivity contribution in [2.45, 2.75) is 79.4 Å². The van der Waals surface area contributed by atoms with Gasteiger partial charge in [0.15, 0.2) is 5.78 Å². The summed E-state index contributed by atoms with van der Waals surface area (Å²) in [5.74, 6) is 0.129. The molecular weight excluding hydrogens is 388 g/mol. The van der Waals surface area contributed by atoms with Crippen molar-refractivity contribution in [1.29, 1.82) is 0 Å². The molecule has 1 saturated heterocycles. The molecule has 2 heterocycles. The smallest absolute Gasteiger partial charge is 0.169 e. The first-order chi connectivity index (χ1) is 14.5. The van der Waals surface area contributed by atoms with E-state index in [1.807, 2.05) is 27.7 Å². The van der Waals surface area contributed by atoms with Gasteiger partial charge in [0.05, 0.1) is 18.0 Å². The number of ketones is 1. The largest absolute Gasteiger partial charge is 0.389 e. The molecule has 3 rings (SSSR count). The maximum atomic E-state index is 12.8. The number of fused-ring (bicyclic) bond motifs is 1. The topological polar surface area (TPSA) is 89.8 Å². The molecular formula is C25H38N4O2. The predicted molar refractivity (Wildman–Crippen MR) is 129 cm³/mol. The number of aliphatic imine (C=N–C) groups is 2. The lowest BCUT2D eigenvalue weighted by Crippen LogP contribution is -2.62. The van der Waals surface area contributed by atoms with Crippen LogP contribution in [-0.2, 0) is 0 Å². The Bertz CT molecular complexity index is 1040. The van der Waals surface area contributed by atoms with Gasteiger partial charge in [0.25, 0.3) is 0 Å². The second-order valence-electron chi connectivity index (χ2n) is 9.77. The van der Waals surface area contributed by atoms with Crippen molar-refractivity contribution in [2.75, 3.05) is 19.6 Å². The Labute approximate surface area is 185 Å². The fourth-order valence-electron chi connectivity index (χ4n) is 4.25. The Hall–Kier alpha value is -2.05. The van der Waals surface area contributed by atoms with E-state index in [1.165, 1.54) is 0 Å². The molecule has 2 atom stereocenters. The maximum absolute atomic E-state index is 12.8. The van der Waals surface area contributed by atoms with Gasteiger partial charge in [0.2, 0.25) is 0 Å². The third kappa shape index (κ3) is 4.46. The van der Waals surface area contributed by atoms with Crippen LogP contribution in [0.1, 0.15) is 76.7 Å². The summed E-state index contributed by atoms with van der Waals surface area (Å²) in [5.41, 5.74) is 4.26. The Balaban J connectivity index is 2.01. The second-order valence-corrected chi connectivity index (χ2v) is 9.77. The fourth-order valence-corrected chi connectivity index (χ4v) is 4.25. The van der Waals surface area contributed by atoms with Crippen LogP contribution in [0.4, 0.5) is 0 Å². The van der Waals surface area contributed by atoms with E-state index in [-0.39, 0.29) is 16.7 Å². The van der Waals surface area contributed by atoms with Crippen molar-refractivity contribution in [3.05, 3.63) is 21.8 Å². The zero-order valence-corrected chi connectivity index (χ0v) is 20.1. The van der Waals surface area contributed by atoms with Gasteiger partial charge in [-0.25, -0.2) is 0 Å². The van der Waals surface area contributed by atoms with Crippen LogP contribution in [0.15, 0.2) is 9.98 Å². The number of rotatable bonds is 8. The van der Waals surface area contributed by atoms with Crippen LogP contribution < -0.4 is 16.0 Å². The van der Waals surface area contributed by atoms with Crippen LogP contribution in [0.2, 0.25) is 0 Å². The molecule has 1 aliphatic carbocycles. The summed E-state index contributed by atoms with van der Waals surface area (Å²) in [5, 5.41) is 15.6. The van der Waals surface area contributed by atoms with Gasteiger partial charge < -0.3 is 15.4 Å². The number of hydrogen-bond acceptors (Lipinski definition) is 5. The fraction of sp³-hybridized carbons (Fsp3) is 0.640. The summed E-state index contributed by atoms with van der Waals surface area (Å²) in [6.07, 6.45) is 3.86. The first-order valence-corrected chi connectivity index (χ1v) is 11.5. The average Bonchev–Trinajstić information content (AvgIpc) is 3.20. The molecule has 6 heteroatoms. The van der Waals surface area contributed by atoms with Gasteiger partial charge >= 0.3 is 0 Å². The van der Waals surface area contributed by atoms with Gasteiger partial charge in [-0.05, 0) is 58.7 Å². The molecule has 0 bridgehead atoms. The van der Waals surface area contributed by atoms with Crippen LogP contribution in [-0.4, -0.2) is 58.6 Å². The number of aliphatic hydroxyl groups is 1. The molecule has 1 unspecified atom stereocenters. The molecule has 3 N–H and O–H groups in total. The Morgan fingerprint density at radius 2 is 2.00 bits per heavy atom. The van der Waals surface area contributed by atoms with Gasteiger partial charge in [-0.3, -0.25) is 14.8 Å². The number of aromatic nitrogens is 1. The maximum Gasteiger partial charge on any atom is 0.169 e. The van der Waals surface area contributed by atoms with Crippen molar-refractivity contribution in [2.24, 2.45) is 15.4 Å². The zero-order chi connectivity index (χ0) is 23.0. The molecule has 1 aromatic heterocycles. The summed E-state index contributed by atoms with van der Waals surface area (Å²) in [6, 6.07) is 0. The number of nitrogens with one attached hydrogen (secondary N) is 2. The number of aliphatic hydroxyl groups excluding tert-OH is 1. The zero-order valence-electron chi connectivity index (χ0n) is 20.1. The molecule has 6 nitrogen and oxygen atoms in total. The Kier molecular flexibility index (Phi) is 6.72. The summed E-state index contributed by atoms with van der Waals surface area (Å²) in [6.45, 7) is 16.6. The van der Waals surface area contributed by atoms with E-state index in [4.69, 9.17) is 4.99 Å². The molecule has 0 amide bonds. The molecule has 0 spiro atoms. The van der Waals surface area contributed by atoms with Gasteiger partial charge in [-0.15, -0.1) is 0 Å². The average molecular weight is 427 g/mol. The number of carbonyl (C=O) groups is 1. The highest BCUT2D eigenvalue weighted by atomic mass is 16.3. The predicted octanol–water partition coefficient (Wildman–Crippen LogP) is 2.31. The van der Waals surface area contributed by atoms with Gasteiger partial charge in [0, 0.05) is 51.8 Å². The summed E-state index contributed by atoms with van der Waals surface area (Å²) >= 11 is 0. The summed E-state index contributed by atoms with van der Waals surface area (Å²) < 4.78 is 0. The lowest BCUT2D eigenvalue weighted by Gasteiger charge is -2.43. The van der Waals surface area contributed by atoms with Crippen LogP contribution in [0.25, 0.3) is 11.6 Å². The minimum Gasteiger partial charge on any atom is -0.389 e. The standard InChI is InChI=1S/C25H38N4O2/c1-8-24(5,6)20(26-9-2)13-18-15(3)22-19(30)12-17(23(22)29-18)16(4)27-14-21(31)25(7)10-11-28-25/h13,21,28-29,31H,8-12,14H2,1-7H3/b18-13-,26-20?,27-16?/t21?,25-/m0/s1. The van der Waals surface area contributed by atoms with Crippen molar-refractivity contribution >= 4 is 28.9 Å². The second kappa shape index (κ2) is 8.83.